The third-order valence-corrected chi connectivity index (χ3v) is 4.48. The second kappa shape index (κ2) is 8.97. The number of hydrazone groups is 1. The maximum atomic E-state index is 11.9. The molecule has 0 aliphatic heterocycles. The Bertz CT molecular complexity index is 984. The molecule has 1 N–H and O–H groups in total. The van der Waals surface area contributed by atoms with E-state index in [0.717, 1.165) is 5.56 Å². The summed E-state index contributed by atoms with van der Waals surface area (Å²) in [7, 11) is 0. The first kappa shape index (κ1) is 20.7. The van der Waals surface area contributed by atoms with E-state index in [1.807, 2.05) is 42.5 Å². The molecular formula is C23H23ClN2O3. The number of hydrogen-bond acceptors (Lipinski definition) is 4. The molecule has 0 unspecified atom stereocenters. The fraction of sp³-hybridized carbons (Fsp3) is 0.217. The Kier molecular flexibility index (Phi) is 6.39. The van der Waals surface area contributed by atoms with Crippen LogP contribution in [0.2, 0.25) is 5.02 Å². The molecule has 0 aliphatic rings. The average molecular weight is 411 g/mol. The first-order valence-corrected chi connectivity index (χ1v) is 9.60. The third-order valence-electron chi connectivity index (χ3n) is 4.23. The van der Waals surface area contributed by atoms with E-state index in [0.29, 0.717) is 22.3 Å². The zero-order valence-electron chi connectivity index (χ0n) is 16.6. The lowest BCUT2D eigenvalue weighted by Gasteiger charge is -2.19. The lowest BCUT2D eigenvalue weighted by molar-refractivity contribution is -0.123. The molecule has 3 rings (SSSR count). The zero-order valence-corrected chi connectivity index (χ0v) is 17.4. The summed E-state index contributed by atoms with van der Waals surface area (Å²) in [5.74, 6) is 1.49. The smallest absolute Gasteiger partial charge is 0.277 e. The molecule has 1 heterocycles. The molecule has 0 spiro atoms. The van der Waals surface area contributed by atoms with Gasteiger partial charge in [0.15, 0.2) is 6.61 Å². The number of nitrogens with one attached hydrogen (secondary N) is 1. The molecule has 150 valence electrons. The minimum Gasteiger partial charge on any atom is -0.484 e. The third kappa shape index (κ3) is 5.96. The molecule has 3 aromatic rings. The maximum Gasteiger partial charge on any atom is 0.277 e. The Morgan fingerprint density at radius 3 is 2.41 bits per heavy atom. The van der Waals surface area contributed by atoms with E-state index in [1.165, 1.54) is 11.8 Å². The highest BCUT2D eigenvalue weighted by atomic mass is 35.5. The van der Waals surface area contributed by atoms with E-state index in [-0.39, 0.29) is 17.9 Å². The van der Waals surface area contributed by atoms with Crippen molar-refractivity contribution in [3.8, 4) is 17.1 Å². The van der Waals surface area contributed by atoms with E-state index in [2.05, 4.69) is 31.3 Å². The van der Waals surface area contributed by atoms with Gasteiger partial charge in [0, 0.05) is 10.6 Å². The van der Waals surface area contributed by atoms with Crippen molar-refractivity contribution in [1.82, 2.24) is 5.43 Å². The van der Waals surface area contributed by atoms with Crippen molar-refractivity contribution in [3.05, 3.63) is 77.0 Å². The van der Waals surface area contributed by atoms with Crippen LogP contribution in [0.25, 0.3) is 11.3 Å². The molecule has 2 aromatic carbocycles. The van der Waals surface area contributed by atoms with Crippen LogP contribution in [-0.4, -0.2) is 18.7 Å². The predicted octanol–water partition coefficient (Wildman–Crippen LogP) is 5.43. The largest absolute Gasteiger partial charge is 0.484 e. The number of carbonyl (C=O) groups excluding carboxylic acids is 1. The van der Waals surface area contributed by atoms with Crippen LogP contribution in [0.5, 0.6) is 5.75 Å². The van der Waals surface area contributed by atoms with Gasteiger partial charge < -0.3 is 9.15 Å². The predicted molar refractivity (Wildman–Crippen MR) is 116 cm³/mol. The molecule has 0 radical (unpaired) electrons. The minimum absolute atomic E-state index is 0.0733. The molecule has 0 saturated carbocycles. The second-order valence-corrected chi connectivity index (χ2v) is 8.00. The highest BCUT2D eigenvalue weighted by Gasteiger charge is 2.13. The van der Waals surface area contributed by atoms with Gasteiger partial charge in [-0.3, -0.25) is 4.79 Å². The van der Waals surface area contributed by atoms with Crippen molar-refractivity contribution < 1.29 is 13.9 Å². The molecule has 0 atom stereocenters. The van der Waals surface area contributed by atoms with E-state index in [1.54, 1.807) is 18.2 Å². The van der Waals surface area contributed by atoms with Gasteiger partial charge in [-0.2, -0.15) is 5.10 Å². The number of carbonyl (C=O) groups is 1. The number of rotatable bonds is 6. The van der Waals surface area contributed by atoms with Crippen molar-refractivity contribution in [3.63, 3.8) is 0 Å². The van der Waals surface area contributed by atoms with Crippen LogP contribution in [0.15, 0.2) is 70.2 Å². The lowest BCUT2D eigenvalue weighted by Crippen LogP contribution is -2.24. The zero-order chi connectivity index (χ0) is 20.9. The number of benzene rings is 2. The molecule has 29 heavy (non-hydrogen) atoms. The first-order chi connectivity index (χ1) is 13.8. The van der Waals surface area contributed by atoms with E-state index >= 15 is 0 Å². The van der Waals surface area contributed by atoms with Crippen molar-refractivity contribution in [2.75, 3.05) is 6.61 Å². The summed E-state index contributed by atoms with van der Waals surface area (Å²) in [6.07, 6.45) is 1.44. The average Bonchev–Trinajstić information content (AvgIpc) is 3.15. The fourth-order valence-electron chi connectivity index (χ4n) is 2.59. The van der Waals surface area contributed by atoms with Crippen molar-refractivity contribution >= 4 is 23.7 Å². The SMILES string of the molecule is CC(C)(C)c1ccc(OCC(=O)NN=Cc2ccc(-c3ccc(Cl)cc3)o2)cc1. The Hall–Kier alpha value is -3.05. The standard InChI is InChI=1S/C23H23ClN2O3/c1-23(2,3)17-6-10-19(11-7-17)28-15-22(27)26-25-14-20-12-13-21(29-20)16-4-8-18(24)9-5-16/h4-14H,15H2,1-3H3,(H,26,27). The van der Waals surface area contributed by atoms with Gasteiger partial charge >= 0.3 is 0 Å². The van der Waals surface area contributed by atoms with Gasteiger partial charge in [-0.25, -0.2) is 5.43 Å². The number of amides is 1. The summed E-state index contributed by atoms with van der Waals surface area (Å²) in [4.78, 5) is 11.9. The summed E-state index contributed by atoms with van der Waals surface area (Å²) < 4.78 is 11.2. The summed E-state index contributed by atoms with van der Waals surface area (Å²) in [5.41, 5.74) is 4.61. The first-order valence-electron chi connectivity index (χ1n) is 9.22. The van der Waals surface area contributed by atoms with Crippen LogP contribution in [0.3, 0.4) is 0 Å². The van der Waals surface area contributed by atoms with Crippen LogP contribution in [0, 0.1) is 0 Å². The summed E-state index contributed by atoms with van der Waals surface area (Å²) in [6.45, 7) is 6.31. The number of ether oxygens (including phenoxy) is 1. The second-order valence-electron chi connectivity index (χ2n) is 7.57. The summed E-state index contributed by atoms with van der Waals surface area (Å²) in [5, 5.41) is 4.57. The van der Waals surface area contributed by atoms with Crippen molar-refractivity contribution in [1.29, 1.82) is 0 Å². The highest BCUT2D eigenvalue weighted by Crippen LogP contribution is 2.24. The molecule has 5 nitrogen and oxygen atoms in total. The Labute approximate surface area is 175 Å². The molecule has 0 saturated heterocycles. The number of halogens is 1. The molecule has 1 aromatic heterocycles. The Balaban J connectivity index is 1.48. The quantitative estimate of drug-likeness (QED) is 0.435. The van der Waals surface area contributed by atoms with Crippen molar-refractivity contribution in [2.45, 2.75) is 26.2 Å². The van der Waals surface area contributed by atoms with E-state index < -0.39 is 0 Å². The topological polar surface area (TPSA) is 63.8 Å². The van der Waals surface area contributed by atoms with Gasteiger partial charge in [-0.05, 0) is 59.5 Å². The van der Waals surface area contributed by atoms with Gasteiger partial charge in [0.25, 0.3) is 5.91 Å². The summed E-state index contributed by atoms with van der Waals surface area (Å²) >= 11 is 5.89. The monoisotopic (exact) mass is 410 g/mol. The fourth-order valence-corrected chi connectivity index (χ4v) is 2.72. The van der Waals surface area contributed by atoms with Gasteiger partial charge in [0.1, 0.15) is 17.3 Å². The van der Waals surface area contributed by atoms with Gasteiger partial charge in [0.2, 0.25) is 0 Å². The van der Waals surface area contributed by atoms with E-state index in [9.17, 15) is 4.79 Å². The van der Waals surface area contributed by atoms with Crippen LogP contribution in [0.4, 0.5) is 0 Å². The Morgan fingerprint density at radius 2 is 1.76 bits per heavy atom. The number of furan rings is 1. The van der Waals surface area contributed by atoms with Gasteiger partial charge in [0.05, 0.1) is 6.21 Å². The molecule has 1 amide bonds. The van der Waals surface area contributed by atoms with E-state index in [4.69, 9.17) is 20.8 Å². The normalized spacial score (nSPS) is 11.6. The van der Waals surface area contributed by atoms with Crippen LogP contribution >= 0.6 is 11.6 Å². The highest BCUT2D eigenvalue weighted by molar-refractivity contribution is 6.30. The lowest BCUT2D eigenvalue weighted by atomic mass is 9.87. The Morgan fingerprint density at radius 1 is 1.07 bits per heavy atom. The maximum absolute atomic E-state index is 11.9. The van der Waals surface area contributed by atoms with Gasteiger partial charge in [-0.1, -0.05) is 44.5 Å². The molecule has 0 fully saturated rings. The minimum atomic E-state index is -0.356. The van der Waals surface area contributed by atoms with Crippen LogP contribution < -0.4 is 10.2 Å². The van der Waals surface area contributed by atoms with Crippen LogP contribution in [-0.2, 0) is 10.2 Å². The van der Waals surface area contributed by atoms with Crippen molar-refractivity contribution in [2.24, 2.45) is 5.10 Å². The number of hydrogen-bond donors (Lipinski definition) is 1. The molecule has 0 bridgehead atoms. The van der Waals surface area contributed by atoms with Gasteiger partial charge in [-0.15, -0.1) is 0 Å². The molecular weight excluding hydrogens is 388 g/mol. The number of nitrogens with zero attached hydrogens (tertiary/aromatic N) is 1. The summed E-state index contributed by atoms with van der Waals surface area (Å²) in [6, 6.07) is 18.7. The van der Waals surface area contributed by atoms with Crippen LogP contribution in [0.1, 0.15) is 32.1 Å². The molecule has 6 heteroatoms. The molecule has 0 aliphatic carbocycles.